The maximum atomic E-state index is 12.6. The Morgan fingerprint density at radius 1 is 1.18 bits per heavy atom. The molecule has 1 fully saturated rings. The van der Waals surface area contributed by atoms with Crippen LogP contribution in [-0.4, -0.2) is 44.7 Å². The van der Waals surface area contributed by atoms with Crippen molar-refractivity contribution in [2.45, 2.75) is 19.6 Å². The lowest BCUT2D eigenvalue weighted by molar-refractivity contribution is -0.914. The molecule has 8 heteroatoms. The Hall–Kier alpha value is -2.38. The lowest BCUT2D eigenvalue weighted by Gasteiger charge is -2.36. The summed E-state index contributed by atoms with van der Waals surface area (Å²) in [6.45, 7) is 2.08. The van der Waals surface area contributed by atoms with Gasteiger partial charge in [0.05, 0.1) is 31.9 Å². The molecule has 1 saturated heterocycles. The second kappa shape index (κ2) is 9.21. The van der Waals surface area contributed by atoms with Crippen molar-refractivity contribution in [1.82, 2.24) is 0 Å². The van der Waals surface area contributed by atoms with E-state index in [0.717, 1.165) is 36.8 Å². The van der Waals surface area contributed by atoms with Gasteiger partial charge < -0.3 is 19.9 Å². The molecule has 0 aliphatic carbocycles. The van der Waals surface area contributed by atoms with Crippen LogP contribution in [0.5, 0.6) is 5.75 Å². The number of nitrogens with one attached hydrogen (secondary N) is 2. The molecule has 28 heavy (non-hydrogen) atoms. The van der Waals surface area contributed by atoms with Crippen molar-refractivity contribution in [2.75, 3.05) is 36.4 Å². The van der Waals surface area contributed by atoms with Crippen LogP contribution in [0, 0.1) is 0 Å². The van der Waals surface area contributed by atoms with Crippen molar-refractivity contribution in [3.05, 3.63) is 53.6 Å². The molecule has 0 bridgehead atoms. The van der Waals surface area contributed by atoms with Crippen molar-refractivity contribution >= 4 is 28.9 Å². The fourth-order valence-corrected chi connectivity index (χ4v) is 3.54. The van der Waals surface area contributed by atoms with E-state index in [4.69, 9.17) is 11.6 Å². The molecular weight excluding hydrogens is 388 g/mol. The Balaban J connectivity index is 1.58. The molecule has 1 amide bonds. The van der Waals surface area contributed by atoms with E-state index < -0.39 is 6.61 Å². The van der Waals surface area contributed by atoms with Crippen molar-refractivity contribution in [3.63, 3.8) is 0 Å². The van der Waals surface area contributed by atoms with Gasteiger partial charge in [-0.15, -0.1) is 0 Å². The average Bonchev–Trinajstić information content (AvgIpc) is 2.68. The number of hydrogen-bond donors (Lipinski definition) is 2. The first kappa shape index (κ1) is 20.4. The van der Waals surface area contributed by atoms with Crippen molar-refractivity contribution in [3.8, 4) is 5.75 Å². The summed E-state index contributed by atoms with van der Waals surface area (Å²) in [6.07, 6.45) is 0. The monoisotopic (exact) mass is 410 g/mol. The number of benzene rings is 2. The van der Waals surface area contributed by atoms with Crippen LogP contribution in [0.2, 0.25) is 5.02 Å². The molecule has 150 valence electrons. The number of anilines is 2. The number of ether oxygens (including phenoxy) is 1. The molecule has 5 nitrogen and oxygen atoms in total. The van der Waals surface area contributed by atoms with Gasteiger partial charge in [-0.25, -0.2) is 0 Å². The third-order valence-corrected chi connectivity index (χ3v) is 5.18. The minimum Gasteiger partial charge on any atom is -0.433 e. The van der Waals surface area contributed by atoms with Crippen LogP contribution in [0.25, 0.3) is 0 Å². The number of nitrogens with zero attached hydrogens (tertiary/aromatic N) is 1. The predicted octanol–water partition coefficient (Wildman–Crippen LogP) is 2.67. The quantitative estimate of drug-likeness (QED) is 0.769. The first-order valence-electron chi connectivity index (χ1n) is 9.14. The number of quaternary nitrogens is 1. The van der Waals surface area contributed by atoms with Gasteiger partial charge in [0.2, 0.25) is 0 Å². The molecule has 0 aromatic heterocycles. The molecule has 1 heterocycles. The molecular formula is C20H23ClF2N3O2+. The lowest BCUT2D eigenvalue weighted by atomic mass is 10.2. The van der Waals surface area contributed by atoms with Gasteiger partial charge in [0.15, 0.2) is 6.04 Å². The fourth-order valence-electron chi connectivity index (χ4n) is 3.35. The van der Waals surface area contributed by atoms with Crippen molar-refractivity contribution in [1.29, 1.82) is 0 Å². The Morgan fingerprint density at radius 3 is 2.57 bits per heavy atom. The van der Waals surface area contributed by atoms with Gasteiger partial charge in [-0.05, 0) is 37.3 Å². The van der Waals surface area contributed by atoms with Crippen LogP contribution in [0.1, 0.15) is 6.92 Å². The summed E-state index contributed by atoms with van der Waals surface area (Å²) in [7, 11) is 0. The molecule has 2 N–H and O–H groups in total. The van der Waals surface area contributed by atoms with Crippen LogP contribution in [0.15, 0.2) is 48.5 Å². The molecule has 1 aliphatic rings. The summed E-state index contributed by atoms with van der Waals surface area (Å²) >= 11 is 6.06. The minimum absolute atomic E-state index is 0.0428. The van der Waals surface area contributed by atoms with Crippen molar-refractivity contribution in [2.24, 2.45) is 0 Å². The summed E-state index contributed by atoms with van der Waals surface area (Å²) < 4.78 is 29.5. The molecule has 2 aromatic rings. The topological polar surface area (TPSA) is 46.0 Å². The van der Waals surface area contributed by atoms with Crippen LogP contribution in [0.4, 0.5) is 20.2 Å². The molecule has 1 aliphatic heterocycles. The van der Waals surface area contributed by atoms with Gasteiger partial charge in [-0.2, -0.15) is 8.78 Å². The van der Waals surface area contributed by atoms with Gasteiger partial charge in [0.1, 0.15) is 5.75 Å². The normalized spacial score (nSPS) is 16.1. The van der Waals surface area contributed by atoms with E-state index in [1.807, 2.05) is 31.2 Å². The van der Waals surface area contributed by atoms with Gasteiger partial charge in [-0.3, -0.25) is 4.79 Å². The maximum Gasteiger partial charge on any atom is 0.387 e. The van der Waals surface area contributed by atoms with Crippen molar-refractivity contribution < 1.29 is 23.2 Å². The van der Waals surface area contributed by atoms with E-state index >= 15 is 0 Å². The zero-order valence-electron chi connectivity index (χ0n) is 15.5. The van der Waals surface area contributed by atoms with Crippen LogP contribution >= 0.6 is 11.6 Å². The van der Waals surface area contributed by atoms with Gasteiger partial charge >= 0.3 is 6.61 Å². The molecule has 0 saturated carbocycles. The molecule has 0 unspecified atom stereocenters. The Bertz CT molecular complexity index is 814. The smallest absolute Gasteiger partial charge is 0.387 e. The third kappa shape index (κ3) is 5.11. The van der Waals surface area contributed by atoms with E-state index in [1.165, 1.54) is 6.07 Å². The Labute approximate surface area is 167 Å². The van der Waals surface area contributed by atoms with Crippen LogP contribution in [-0.2, 0) is 4.79 Å². The highest BCUT2D eigenvalue weighted by Gasteiger charge is 2.29. The Kier molecular flexibility index (Phi) is 6.70. The summed E-state index contributed by atoms with van der Waals surface area (Å²) in [4.78, 5) is 16.0. The second-order valence-electron chi connectivity index (χ2n) is 6.71. The predicted molar refractivity (Wildman–Crippen MR) is 106 cm³/mol. The molecule has 2 aromatic carbocycles. The molecule has 1 atom stereocenters. The lowest BCUT2D eigenvalue weighted by Crippen LogP contribution is -3.19. The number of rotatable bonds is 6. The number of carbonyl (C=O) groups excluding carboxylic acids is 1. The van der Waals surface area contributed by atoms with E-state index in [2.05, 4.69) is 15.0 Å². The standard InChI is InChI=1S/C20H22ClF2N3O2/c1-14(19(27)24-17-7-2-3-8-18(17)28-20(22)23)25-9-11-26(12-10-25)16-6-4-5-15(21)13-16/h2-8,13-14,20H,9-12H2,1H3,(H,24,27)/p+1/t14-/m1/s1. The summed E-state index contributed by atoms with van der Waals surface area (Å²) in [5.74, 6) is -0.268. The highest BCUT2D eigenvalue weighted by Crippen LogP contribution is 2.25. The zero-order valence-corrected chi connectivity index (χ0v) is 16.3. The SMILES string of the molecule is C[C@H](C(=O)Nc1ccccc1OC(F)F)[NH+]1CCN(c2cccc(Cl)c2)CC1. The number of para-hydroxylation sites is 2. The number of piperazine rings is 1. The van der Waals surface area contributed by atoms with E-state index in [1.54, 1.807) is 18.2 Å². The number of carbonyl (C=O) groups is 1. The molecule has 0 radical (unpaired) electrons. The number of halogens is 3. The highest BCUT2D eigenvalue weighted by atomic mass is 35.5. The van der Waals surface area contributed by atoms with Gasteiger partial charge in [0, 0.05) is 10.7 Å². The number of alkyl halides is 2. The number of hydrogen-bond acceptors (Lipinski definition) is 3. The van der Waals surface area contributed by atoms with Gasteiger partial charge in [-0.1, -0.05) is 29.8 Å². The first-order chi connectivity index (χ1) is 13.4. The molecule has 3 rings (SSSR count). The summed E-state index contributed by atoms with van der Waals surface area (Å²) in [6, 6.07) is 13.6. The highest BCUT2D eigenvalue weighted by molar-refractivity contribution is 6.30. The zero-order chi connectivity index (χ0) is 20.1. The van der Waals surface area contributed by atoms with Crippen LogP contribution < -0.4 is 19.9 Å². The maximum absolute atomic E-state index is 12.6. The third-order valence-electron chi connectivity index (χ3n) is 4.95. The minimum atomic E-state index is -2.94. The Morgan fingerprint density at radius 2 is 1.89 bits per heavy atom. The largest absolute Gasteiger partial charge is 0.433 e. The van der Waals surface area contributed by atoms with E-state index in [9.17, 15) is 13.6 Å². The van der Waals surface area contributed by atoms with E-state index in [-0.39, 0.29) is 23.4 Å². The van der Waals surface area contributed by atoms with Gasteiger partial charge in [0.25, 0.3) is 5.91 Å². The summed E-state index contributed by atoms with van der Waals surface area (Å²) in [5, 5.41) is 3.41. The fraction of sp³-hybridized carbons (Fsp3) is 0.350. The van der Waals surface area contributed by atoms with E-state index in [0.29, 0.717) is 5.02 Å². The molecule has 0 spiro atoms. The van der Waals surface area contributed by atoms with Crippen LogP contribution in [0.3, 0.4) is 0 Å². The second-order valence-corrected chi connectivity index (χ2v) is 7.15. The summed E-state index contributed by atoms with van der Waals surface area (Å²) in [5.41, 5.74) is 1.32. The average molecular weight is 411 g/mol. The first-order valence-corrected chi connectivity index (χ1v) is 9.51. The number of amides is 1.